The van der Waals surface area contributed by atoms with E-state index in [9.17, 15) is 8.76 Å². The van der Waals surface area contributed by atoms with Crippen molar-refractivity contribution in [3.8, 4) is 0 Å². The van der Waals surface area contributed by atoms with E-state index in [1.54, 1.807) is 6.20 Å². The molecule has 1 rings (SSSR count). The van der Waals surface area contributed by atoms with E-state index >= 15 is 0 Å². The van der Waals surface area contributed by atoms with Crippen molar-refractivity contribution >= 4 is 11.1 Å². The van der Waals surface area contributed by atoms with E-state index in [1.165, 1.54) is 0 Å². The summed E-state index contributed by atoms with van der Waals surface area (Å²) in [7, 11) is 0. The highest BCUT2D eigenvalue weighted by Gasteiger charge is 2.20. The minimum Gasteiger partial charge on any atom is -0.299 e. The highest BCUT2D eigenvalue weighted by Crippen LogP contribution is 2.04. The fourth-order valence-electron chi connectivity index (χ4n) is 1.69. The first-order chi connectivity index (χ1) is 7.70. The maximum atomic E-state index is 11.1. The molecule has 0 aromatic carbocycles. The average molecular weight is 245 g/mol. The van der Waals surface area contributed by atoms with E-state index in [4.69, 9.17) is 0 Å². The predicted molar refractivity (Wildman–Crippen MR) is 63.5 cm³/mol. The molecular formula is C11H21N2O2S+. The Morgan fingerprint density at radius 2 is 2.06 bits per heavy atom. The summed E-state index contributed by atoms with van der Waals surface area (Å²) < 4.78 is 22.3. The molecule has 2 N–H and O–H groups in total. The molecule has 0 spiro atoms. The molecule has 1 unspecified atom stereocenters. The van der Waals surface area contributed by atoms with Crippen LogP contribution in [0.5, 0.6) is 0 Å². The summed E-state index contributed by atoms with van der Waals surface area (Å²) in [5.74, 6) is 1.06. The van der Waals surface area contributed by atoms with Gasteiger partial charge in [0.2, 0.25) is 11.1 Å². The summed E-state index contributed by atoms with van der Waals surface area (Å²) in [6, 6.07) is 0. The number of hydrogen-bond acceptors (Lipinski definition) is 1. The molecule has 0 saturated heterocycles. The lowest BCUT2D eigenvalue weighted by molar-refractivity contribution is -0.738. The molecule has 1 heterocycles. The summed E-state index contributed by atoms with van der Waals surface area (Å²) >= 11 is -1.90. The average Bonchev–Trinajstić information content (AvgIpc) is 2.66. The SMILES string of the molecule is CCCCc1[nH]cc(S(=O)O)[n+]1CCCC. The first-order valence-electron chi connectivity index (χ1n) is 5.91. The second-order valence-electron chi connectivity index (χ2n) is 3.93. The molecule has 1 aromatic rings. The molecule has 0 radical (unpaired) electrons. The Hall–Kier alpha value is -0.680. The number of unbranched alkanes of at least 4 members (excludes halogenated alkanes) is 2. The van der Waals surface area contributed by atoms with E-state index in [1.807, 2.05) is 4.57 Å². The largest absolute Gasteiger partial charge is 0.299 e. The molecule has 1 atom stereocenters. The monoisotopic (exact) mass is 245 g/mol. The van der Waals surface area contributed by atoms with Crippen LogP contribution in [0, 0.1) is 0 Å². The van der Waals surface area contributed by atoms with E-state index < -0.39 is 11.1 Å². The topological polar surface area (TPSA) is 57.0 Å². The summed E-state index contributed by atoms with van der Waals surface area (Å²) in [6.07, 6.45) is 6.94. The maximum absolute atomic E-state index is 11.1. The van der Waals surface area contributed by atoms with Crippen molar-refractivity contribution < 1.29 is 13.3 Å². The highest BCUT2D eigenvalue weighted by atomic mass is 32.2. The van der Waals surface area contributed by atoms with Crippen LogP contribution in [0.4, 0.5) is 0 Å². The minimum absolute atomic E-state index is 0.486. The zero-order chi connectivity index (χ0) is 12.0. The van der Waals surface area contributed by atoms with Gasteiger partial charge < -0.3 is 0 Å². The van der Waals surface area contributed by atoms with Crippen LogP contribution < -0.4 is 4.57 Å². The minimum atomic E-state index is -1.90. The van der Waals surface area contributed by atoms with Gasteiger partial charge in [-0.25, -0.2) is 13.8 Å². The van der Waals surface area contributed by atoms with Gasteiger partial charge >= 0.3 is 0 Å². The van der Waals surface area contributed by atoms with Gasteiger partial charge in [0.15, 0.2) is 0 Å². The number of imidazole rings is 1. The zero-order valence-electron chi connectivity index (χ0n) is 10.0. The third-order valence-electron chi connectivity index (χ3n) is 2.64. The van der Waals surface area contributed by atoms with Crippen molar-refractivity contribution in [2.75, 3.05) is 0 Å². The van der Waals surface area contributed by atoms with Gasteiger partial charge in [0.05, 0.1) is 6.54 Å². The summed E-state index contributed by atoms with van der Waals surface area (Å²) in [5.41, 5.74) is 0. The fraction of sp³-hybridized carbons (Fsp3) is 0.727. The Labute approximate surface area is 99.4 Å². The van der Waals surface area contributed by atoms with Crippen molar-refractivity contribution in [3.05, 3.63) is 12.0 Å². The number of hydrogen-bond donors (Lipinski definition) is 2. The van der Waals surface area contributed by atoms with Gasteiger partial charge in [-0.05, 0) is 12.8 Å². The lowest BCUT2D eigenvalue weighted by atomic mass is 10.2. The van der Waals surface area contributed by atoms with E-state index in [0.29, 0.717) is 5.03 Å². The molecule has 92 valence electrons. The second-order valence-corrected chi connectivity index (χ2v) is 4.85. The fourth-order valence-corrected chi connectivity index (χ4v) is 2.24. The van der Waals surface area contributed by atoms with Crippen molar-refractivity contribution in [3.63, 3.8) is 0 Å². The standard InChI is InChI=1S/C11H20N2O2S/c1-3-5-7-10-12-9-11(16(14)15)13(10)8-6-4-2/h9H,3-8H2,1-2H3,(H,14,15)/p+1. The van der Waals surface area contributed by atoms with Crippen LogP contribution in [0.2, 0.25) is 0 Å². The van der Waals surface area contributed by atoms with Crippen LogP contribution in [0.3, 0.4) is 0 Å². The third-order valence-corrected chi connectivity index (χ3v) is 3.33. The summed E-state index contributed by atoms with van der Waals surface area (Å²) in [6.45, 7) is 5.08. The van der Waals surface area contributed by atoms with Crippen molar-refractivity contribution in [1.82, 2.24) is 4.98 Å². The van der Waals surface area contributed by atoms with E-state index in [-0.39, 0.29) is 0 Å². The van der Waals surface area contributed by atoms with E-state index in [2.05, 4.69) is 18.8 Å². The van der Waals surface area contributed by atoms with Crippen molar-refractivity contribution in [2.45, 2.75) is 57.5 Å². The molecule has 0 aliphatic heterocycles. The number of nitrogens with one attached hydrogen (secondary N) is 1. The third kappa shape index (κ3) is 3.42. The van der Waals surface area contributed by atoms with Crippen LogP contribution in [0.25, 0.3) is 0 Å². The second kappa shape index (κ2) is 6.81. The molecule has 1 aromatic heterocycles. The lowest BCUT2D eigenvalue weighted by Crippen LogP contribution is -2.40. The summed E-state index contributed by atoms with van der Waals surface area (Å²) in [4.78, 5) is 3.11. The number of aromatic nitrogens is 2. The van der Waals surface area contributed by atoms with Gasteiger partial charge in [-0.1, -0.05) is 26.7 Å². The van der Waals surface area contributed by atoms with Gasteiger partial charge in [-0.15, -0.1) is 0 Å². The Balaban J connectivity index is 2.85. The smallest absolute Gasteiger partial charge is 0.258 e. The molecule has 5 heteroatoms. The van der Waals surface area contributed by atoms with E-state index in [0.717, 1.165) is 44.5 Å². The van der Waals surface area contributed by atoms with Crippen LogP contribution in [0.15, 0.2) is 11.2 Å². The Bertz CT molecular complexity index is 350. The van der Waals surface area contributed by atoms with Gasteiger partial charge in [-0.2, -0.15) is 0 Å². The maximum Gasteiger partial charge on any atom is 0.258 e. The summed E-state index contributed by atoms with van der Waals surface area (Å²) in [5, 5.41) is 0.486. The van der Waals surface area contributed by atoms with Crippen LogP contribution in [0.1, 0.15) is 45.4 Å². The number of nitrogens with zero attached hydrogens (tertiary/aromatic N) is 1. The first-order valence-corrected chi connectivity index (χ1v) is 7.02. The Morgan fingerprint density at radius 3 is 2.62 bits per heavy atom. The molecule has 0 aliphatic carbocycles. The Kier molecular flexibility index (Phi) is 5.69. The lowest BCUT2D eigenvalue weighted by Gasteiger charge is -2.01. The number of rotatable bonds is 7. The number of H-pyrrole nitrogens is 1. The molecule has 4 nitrogen and oxygen atoms in total. The number of aromatic amines is 1. The van der Waals surface area contributed by atoms with Crippen molar-refractivity contribution in [2.24, 2.45) is 0 Å². The van der Waals surface area contributed by atoms with Gasteiger partial charge in [0.1, 0.15) is 6.20 Å². The molecule has 0 fully saturated rings. The van der Waals surface area contributed by atoms with Crippen LogP contribution in [-0.4, -0.2) is 13.7 Å². The van der Waals surface area contributed by atoms with Crippen LogP contribution >= 0.6 is 0 Å². The van der Waals surface area contributed by atoms with Crippen molar-refractivity contribution in [1.29, 1.82) is 0 Å². The van der Waals surface area contributed by atoms with Gasteiger partial charge in [0, 0.05) is 6.42 Å². The van der Waals surface area contributed by atoms with Crippen LogP contribution in [-0.2, 0) is 24.0 Å². The quantitative estimate of drug-likeness (QED) is 0.570. The molecule has 0 saturated carbocycles. The van der Waals surface area contributed by atoms with Gasteiger partial charge in [0.25, 0.3) is 10.9 Å². The Morgan fingerprint density at radius 1 is 1.38 bits per heavy atom. The molecule has 0 aliphatic rings. The highest BCUT2D eigenvalue weighted by molar-refractivity contribution is 7.79. The zero-order valence-corrected chi connectivity index (χ0v) is 10.8. The normalized spacial score (nSPS) is 12.9. The molecular weight excluding hydrogens is 224 g/mol. The first kappa shape index (κ1) is 13.4. The predicted octanol–water partition coefficient (Wildman–Crippen LogP) is 2.03. The molecule has 16 heavy (non-hydrogen) atoms. The molecule has 0 bridgehead atoms. The number of aryl methyl sites for hydroxylation is 1. The van der Waals surface area contributed by atoms with Gasteiger partial charge in [-0.3, -0.25) is 4.55 Å². The molecule has 0 amide bonds.